The van der Waals surface area contributed by atoms with E-state index < -0.39 is 5.60 Å². The number of imidazole rings is 1. The van der Waals surface area contributed by atoms with E-state index in [1.807, 2.05) is 60.5 Å². The lowest BCUT2D eigenvalue weighted by Crippen LogP contribution is -2.44. The highest BCUT2D eigenvalue weighted by molar-refractivity contribution is 7.10. The first-order valence-electron chi connectivity index (χ1n) is 9.23. The van der Waals surface area contributed by atoms with Crippen molar-refractivity contribution in [2.24, 2.45) is 4.99 Å². The minimum absolute atomic E-state index is 0.371. The summed E-state index contributed by atoms with van der Waals surface area (Å²) in [5.41, 5.74) is 0.0553. The van der Waals surface area contributed by atoms with Crippen LogP contribution in [0.4, 0.5) is 0 Å². The third-order valence-corrected chi connectivity index (χ3v) is 5.42. The van der Waals surface area contributed by atoms with E-state index in [9.17, 15) is 5.11 Å². The number of aromatic nitrogens is 3. The predicted octanol–water partition coefficient (Wildman–Crippen LogP) is 2.60. The van der Waals surface area contributed by atoms with Gasteiger partial charge >= 0.3 is 0 Å². The minimum Gasteiger partial charge on any atom is -0.383 e. The Hall–Kier alpha value is -2.71. The zero-order valence-electron chi connectivity index (χ0n) is 16.4. The summed E-state index contributed by atoms with van der Waals surface area (Å²) in [5.74, 6) is 2.39. The van der Waals surface area contributed by atoms with Crippen molar-refractivity contribution in [3.05, 3.63) is 64.5 Å². The molecule has 3 N–H and O–H groups in total. The molecule has 0 fully saturated rings. The quantitative estimate of drug-likeness (QED) is 0.421. The van der Waals surface area contributed by atoms with Gasteiger partial charge in [0.25, 0.3) is 0 Å². The summed E-state index contributed by atoms with van der Waals surface area (Å²) < 4.78 is 1.94. The fraction of sp³-hybridized carbons (Fsp3) is 0.350. The maximum absolute atomic E-state index is 10.7. The molecule has 3 aromatic heterocycles. The average molecular weight is 399 g/mol. The van der Waals surface area contributed by atoms with Crippen molar-refractivity contribution < 1.29 is 5.11 Å². The van der Waals surface area contributed by atoms with Gasteiger partial charge in [-0.25, -0.2) is 15.0 Å². The van der Waals surface area contributed by atoms with Crippen LogP contribution in [0.3, 0.4) is 0 Å². The van der Waals surface area contributed by atoms with Gasteiger partial charge < -0.3 is 15.7 Å². The lowest BCUT2D eigenvalue weighted by atomic mass is 10.1. The molecule has 0 spiro atoms. The number of hydrogen-bond acceptors (Lipinski definition) is 5. The number of aliphatic imine (C=N–C) groups is 1. The fourth-order valence-electron chi connectivity index (χ4n) is 2.71. The number of rotatable bonds is 7. The number of thiophene rings is 1. The van der Waals surface area contributed by atoms with Crippen LogP contribution in [0.2, 0.25) is 0 Å². The molecule has 0 aromatic carbocycles. The third-order valence-electron chi connectivity index (χ3n) is 4.30. The monoisotopic (exact) mass is 398 g/mol. The molecule has 0 aliphatic heterocycles. The van der Waals surface area contributed by atoms with Crippen LogP contribution in [0.1, 0.15) is 30.1 Å². The number of nitrogens with zero attached hydrogens (tertiary/aromatic N) is 4. The van der Waals surface area contributed by atoms with Crippen molar-refractivity contribution in [2.75, 3.05) is 13.1 Å². The Balaban J connectivity index is 1.63. The van der Waals surface area contributed by atoms with E-state index in [2.05, 4.69) is 25.6 Å². The molecule has 8 heteroatoms. The molecular weight excluding hydrogens is 372 g/mol. The van der Waals surface area contributed by atoms with Crippen LogP contribution >= 0.6 is 11.3 Å². The highest BCUT2D eigenvalue weighted by Gasteiger charge is 2.24. The Morgan fingerprint density at radius 2 is 2.14 bits per heavy atom. The van der Waals surface area contributed by atoms with Crippen LogP contribution in [-0.2, 0) is 12.1 Å². The second-order valence-corrected chi connectivity index (χ2v) is 7.62. The number of hydrogen-bond donors (Lipinski definition) is 3. The fourth-order valence-corrected chi connectivity index (χ4v) is 3.50. The molecule has 0 radical (unpaired) electrons. The molecule has 148 valence electrons. The second kappa shape index (κ2) is 8.99. The van der Waals surface area contributed by atoms with Gasteiger partial charge in [0.1, 0.15) is 17.2 Å². The Labute approximate surface area is 169 Å². The number of guanidine groups is 1. The number of pyridine rings is 1. The Morgan fingerprint density at radius 1 is 1.29 bits per heavy atom. The first kappa shape index (κ1) is 20.0. The maximum Gasteiger partial charge on any atom is 0.191 e. The van der Waals surface area contributed by atoms with Gasteiger partial charge in [0.2, 0.25) is 0 Å². The first-order valence-corrected chi connectivity index (χ1v) is 10.1. The molecular formula is C20H26N6OS. The van der Waals surface area contributed by atoms with Crippen LogP contribution in [0.25, 0.3) is 5.82 Å². The van der Waals surface area contributed by atoms with Crippen molar-refractivity contribution in [1.29, 1.82) is 0 Å². The molecule has 0 aliphatic carbocycles. The van der Waals surface area contributed by atoms with E-state index in [1.54, 1.807) is 24.5 Å². The number of aliphatic hydroxyl groups is 1. The summed E-state index contributed by atoms with van der Waals surface area (Å²) in [6, 6.07) is 7.85. The minimum atomic E-state index is -0.948. The van der Waals surface area contributed by atoms with Crippen molar-refractivity contribution in [2.45, 2.75) is 32.9 Å². The molecule has 0 aliphatic rings. The summed E-state index contributed by atoms with van der Waals surface area (Å²) in [7, 11) is 0. The summed E-state index contributed by atoms with van der Waals surface area (Å²) in [6.45, 7) is 7.36. The Morgan fingerprint density at radius 3 is 2.75 bits per heavy atom. The summed E-state index contributed by atoms with van der Waals surface area (Å²) in [4.78, 5) is 14.2. The second-order valence-electron chi connectivity index (χ2n) is 6.67. The van der Waals surface area contributed by atoms with Crippen molar-refractivity contribution in [1.82, 2.24) is 25.2 Å². The van der Waals surface area contributed by atoms with E-state index in [-0.39, 0.29) is 0 Å². The lowest BCUT2D eigenvalue weighted by molar-refractivity contribution is 0.0655. The van der Waals surface area contributed by atoms with Gasteiger partial charge in [0, 0.05) is 30.0 Å². The normalized spacial score (nSPS) is 13.9. The van der Waals surface area contributed by atoms with Gasteiger partial charge in [-0.1, -0.05) is 12.1 Å². The smallest absolute Gasteiger partial charge is 0.191 e. The summed E-state index contributed by atoms with van der Waals surface area (Å²) in [5, 5.41) is 19.1. The summed E-state index contributed by atoms with van der Waals surface area (Å²) >= 11 is 1.54. The number of aryl methyl sites for hydroxylation is 1. The van der Waals surface area contributed by atoms with Crippen LogP contribution in [-0.4, -0.2) is 38.7 Å². The average Bonchev–Trinajstić information content (AvgIpc) is 3.37. The molecule has 1 unspecified atom stereocenters. The number of nitrogens with one attached hydrogen (secondary N) is 2. The SMILES string of the molecule is CCNC(=NCc1ccc(-n2ccnc2C)nc1)NCC(C)(O)c1cccs1. The highest BCUT2D eigenvalue weighted by Crippen LogP contribution is 2.24. The van der Waals surface area contributed by atoms with E-state index in [4.69, 9.17) is 0 Å². The van der Waals surface area contributed by atoms with Gasteiger partial charge in [-0.2, -0.15) is 0 Å². The first-order chi connectivity index (χ1) is 13.5. The van der Waals surface area contributed by atoms with Gasteiger partial charge in [0.05, 0.1) is 13.1 Å². The van der Waals surface area contributed by atoms with Gasteiger partial charge in [-0.15, -0.1) is 11.3 Å². The topological polar surface area (TPSA) is 87.4 Å². The van der Waals surface area contributed by atoms with Crippen molar-refractivity contribution >= 4 is 17.3 Å². The Kier molecular flexibility index (Phi) is 6.43. The largest absolute Gasteiger partial charge is 0.383 e. The third kappa shape index (κ3) is 4.96. The predicted molar refractivity (Wildman–Crippen MR) is 113 cm³/mol. The molecule has 0 saturated carbocycles. The molecule has 7 nitrogen and oxygen atoms in total. The maximum atomic E-state index is 10.7. The van der Waals surface area contributed by atoms with E-state index in [0.717, 1.165) is 28.6 Å². The molecule has 3 heterocycles. The molecule has 1 atom stereocenters. The summed E-state index contributed by atoms with van der Waals surface area (Å²) in [6.07, 6.45) is 5.47. The molecule has 3 rings (SSSR count). The molecule has 28 heavy (non-hydrogen) atoms. The molecule has 0 amide bonds. The molecule has 0 saturated heterocycles. The van der Waals surface area contributed by atoms with E-state index in [1.165, 1.54) is 0 Å². The van der Waals surface area contributed by atoms with Crippen LogP contribution in [0.5, 0.6) is 0 Å². The van der Waals surface area contributed by atoms with E-state index in [0.29, 0.717) is 19.0 Å². The van der Waals surface area contributed by atoms with Crippen LogP contribution < -0.4 is 10.6 Å². The highest BCUT2D eigenvalue weighted by atomic mass is 32.1. The van der Waals surface area contributed by atoms with Crippen molar-refractivity contribution in [3.63, 3.8) is 0 Å². The van der Waals surface area contributed by atoms with Crippen LogP contribution in [0, 0.1) is 6.92 Å². The zero-order chi connectivity index (χ0) is 20.0. The van der Waals surface area contributed by atoms with Gasteiger partial charge in [0.15, 0.2) is 5.96 Å². The zero-order valence-corrected chi connectivity index (χ0v) is 17.2. The standard InChI is InChI=1S/C20H26N6OS/c1-4-21-19(25-14-20(3,27)17-6-5-11-28-17)24-13-16-7-8-18(23-12-16)26-10-9-22-15(26)2/h5-12,27H,4,13-14H2,1-3H3,(H2,21,24,25). The van der Waals surface area contributed by atoms with Crippen molar-refractivity contribution in [3.8, 4) is 5.82 Å². The molecule has 3 aromatic rings. The van der Waals surface area contributed by atoms with E-state index >= 15 is 0 Å². The lowest BCUT2D eigenvalue weighted by Gasteiger charge is -2.23. The Bertz CT molecular complexity index is 899. The van der Waals surface area contributed by atoms with Crippen LogP contribution in [0.15, 0.2) is 53.2 Å². The van der Waals surface area contributed by atoms with Gasteiger partial charge in [-0.05, 0) is 43.8 Å². The molecule has 0 bridgehead atoms. The van der Waals surface area contributed by atoms with Gasteiger partial charge in [-0.3, -0.25) is 4.57 Å².